The van der Waals surface area contributed by atoms with Crippen LogP contribution in [-0.2, 0) is 6.54 Å². The highest BCUT2D eigenvalue weighted by Crippen LogP contribution is 2.26. The topological polar surface area (TPSA) is 101 Å². The van der Waals surface area contributed by atoms with Gasteiger partial charge in [-0.1, -0.05) is 6.07 Å². The van der Waals surface area contributed by atoms with Crippen molar-refractivity contribution < 1.29 is 9.84 Å². The van der Waals surface area contributed by atoms with Gasteiger partial charge in [-0.25, -0.2) is 9.50 Å². The lowest BCUT2D eigenvalue weighted by molar-refractivity contribution is 0.0501. The van der Waals surface area contributed by atoms with E-state index < -0.39 is 6.10 Å². The highest BCUT2D eigenvalue weighted by Gasteiger charge is 2.25. The van der Waals surface area contributed by atoms with Gasteiger partial charge in [0.05, 0.1) is 13.2 Å². The molecule has 8 nitrogen and oxygen atoms in total. The zero-order chi connectivity index (χ0) is 18.8. The molecule has 4 rings (SSSR count). The third kappa shape index (κ3) is 3.73. The molecule has 1 fully saturated rings. The number of β-amino-alcohol motifs (C(OH)–C–C–N with tert-alkyl or cyclic N) is 1. The van der Waals surface area contributed by atoms with Crippen LogP contribution >= 0.6 is 0 Å². The molecular weight excluding hydrogens is 344 g/mol. The molecule has 2 atom stereocenters. The van der Waals surface area contributed by atoms with Gasteiger partial charge >= 0.3 is 0 Å². The van der Waals surface area contributed by atoms with Crippen LogP contribution in [0.5, 0.6) is 5.75 Å². The van der Waals surface area contributed by atoms with Crippen LogP contribution in [0.25, 0.3) is 5.52 Å². The van der Waals surface area contributed by atoms with Gasteiger partial charge in [-0.3, -0.25) is 4.90 Å². The second-order valence-corrected chi connectivity index (χ2v) is 6.85. The Balaban J connectivity index is 1.61. The van der Waals surface area contributed by atoms with Crippen LogP contribution in [0.2, 0.25) is 0 Å². The van der Waals surface area contributed by atoms with Gasteiger partial charge in [0, 0.05) is 43.6 Å². The summed E-state index contributed by atoms with van der Waals surface area (Å²) in [5.74, 6) is 1.51. The van der Waals surface area contributed by atoms with E-state index >= 15 is 0 Å². The van der Waals surface area contributed by atoms with Gasteiger partial charge in [0.25, 0.3) is 0 Å². The molecule has 1 aromatic carbocycles. The minimum absolute atomic E-state index is 0.138. The van der Waals surface area contributed by atoms with E-state index in [-0.39, 0.29) is 6.04 Å². The van der Waals surface area contributed by atoms with Crippen LogP contribution in [0.15, 0.2) is 42.9 Å². The highest BCUT2D eigenvalue weighted by molar-refractivity contribution is 5.76. The van der Waals surface area contributed by atoms with Gasteiger partial charge in [-0.15, -0.1) is 0 Å². The second kappa shape index (κ2) is 7.51. The van der Waals surface area contributed by atoms with Gasteiger partial charge in [0.2, 0.25) is 0 Å². The fourth-order valence-corrected chi connectivity index (χ4v) is 3.47. The number of anilines is 2. The van der Waals surface area contributed by atoms with Crippen molar-refractivity contribution in [1.29, 1.82) is 0 Å². The number of benzene rings is 1. The first-order valence-electron chi connectivity index (χ1n) is 9.02. The van der Waals surface area contributed by atoms with Crippen molar-refractivity contribution in [3.05, 3.63) is 48.4 Å². The number of hydrogen-bond donors (Lipinski definition) is 3. The number of ether oxygens (including phenoxy) is 1. The molecule has 0 amide bonds. The summed E-state index contributed by atoms with van der Waals surface area (Å²) in [6.45, 7) is 2.15. The van der Waals surface area contributed by atoms with Crippen LogP contribution in [0.1, 0.15) is 12.0 Å². The van der Waals surface area contributed by atoms with Crippen LogP contribution in [-0.4, -0.2) is 56.9 Å². The van der Waals surface area contributed by atoms with Gasteiger partial charge in [-0.05, 0) is 30.2 Å². The number of methoxy groups -OCH3 is 1. The standard InChI is InChI=1S/C19H24N6O2/c1-27-15-4-2-3-14(9-15)23-19-18-13(5-8-25(18)22-12-21-19)10-24-7-6-16(20)17(26)11-24/h2-5,8-9,12,16-17,26H,6-7,10-11,20H2,1H3,(H,21,22,23)/t16-,17+/m0/s1. The predicted molar refractivity (Wildman–Crippen MR) is 103 cm³/mol. The number of aliphatic hydroxyl groups is 1. The van der Waals surface area contributed by atoms with E-state index in [1.807, 2.05) is 41.0 Å². The number of fused-ring (bicyclic) bond motifs is 1. The van der Waals surface area contributed by atoms with Crippen molar-refractivity contribution in [3.8, 4) is 5.75 Å². The second-order valence-electron chi connectivity index (χ2n) is 6.85. The Hall–Kier alpha value is -2.68. The Morgan fingerprint density at radius 1 is 1.37 bits per heavy atom. The minimum atomic E-state index is -0.488. The molecule has 1 saturated heterocycles. The van der Waals surface area contributed by atoms with Crippen molar-refractivity contribution >= 4 is 17.0 Å². The lowest BCUT2D eigenvalue weighted by Gasteiger charge is -2.33. The molecule has 2 aromatic heterocycles. The first-order valence-corrected chi connectivity index (χ1v) is 9.02. The average molecular weight is 368 g/mol. The van der Waals surface area contributed by atoms with E-state index in [4.69, 9.17) is 10.5 Å². The monoisotopic (exact) mass is 368 g/mol. The predicted octanol–water partition coefficient (Wildman–Crippen LogP) is 1.38. The molecule has 0 spiro atoms. The molecule has 0 radical (unpaired) electrons. The quantitative estimate of drug-likeness (QED) is 0.625. The zero-order valence-electron chi connectivity index (χ0n) is 15.2. The lowest BCUT2D eigenvalue weighted by Crippen LogP contribution is -2.50. The third-order valence-corrected chi connectivity index (χ3v) is 4.98. The molecule has 4 N–H and O–H groups in total. The Morgan fingerprint density at radius 2 is 2.26 bits per heavy atom. The minimum Gasteiger partial charge on any atom is -0.497 e. The van der Waals surface area contributed by atoms with Crippen LogP contribution in [0, 0.1) is 0 Å². The molecular formula is C19H24N6O2. The molecule has 8 heteroatoms. The van der Waals surface area contributed by atoms with Crippen molar-refractivity contribution in [2.24, 2.45) is 5.73 Å². The molecule has 142 valence electrons. The summed E-state index contributed by atoms with van der Waals surface area (Å²) in [7, 11) is 1.64. The summed E-state index contributed by atoms with van der Waals surface area (Å²) >= 11 is 0. The van der Waals surface area contributed by atoms with E-state index in [2.05, 4.69) is 20.3 Å². The highest BCUT2D eigenvalue weighted by atomic mass is 16.5. The SMILES string of the molecule is COc1cccc(Nc2ncnn3ccc(CN4CC[C@H](N)[C@H](O)C4)c23)c1. The summed E-state index contributed by atoms with van der Waals surface area (Å²) in [4.78, 5) is 6.65. The maximum Gasteiger partial charge on any atom is 0.158 e. The van der Waals surface area contributed by atoms with E-state index in [1.54, 1.807) is 7.11 Å². The summed E-state index contributed by atoms with van der Waals surface area (Å²) in [6.07, 6.45) is 3.76. The van der Waals surface area contributed by atoms with Crippen LogP contribution in [0.3, 0.4) is 0 Å². The molecule has 1 aliphatic rings. The Morgan fingerprint density at radius 3 is 3.07 bits per heavy atom. The fraction of sp³-hybridized carbons (Fsp3) is 0.368. The number of piperidine rings is 1. The first kappa shape index (κ1) is 17.7. The summed E-state index contributed by atoms with van der Waals surface area (Å²) in [5, 5.41) is 17.7. The number of aliphatic hydroxyl groups excluding tert-OH is 1. The molecule has 3 heterocycles. The average Bonchev–Trinajstić information content (AvgIpc) is 3.09. The van der Waals surface area contributed by atoms with E-state index in [1.165, 1.54) is 6.33 Å². The Kier molecular flexibility index (Phi) is 4.93. The molecule has 0 unspecified atom stereocenters. The number of hydrogen-bond acceptors (Lipinski definition) is 7. The molecule has 3 aromatic rings. The van der Waals surface area contributed by atoms with Crippen molar-refractivity contribution in [1.82, 2.24) is 19.5 Å². The number of aromatic nitrogens is 3. The van der Waals surface area contributed by atoms with E-state index in [0.717, 1.165) is 41.3 Å². The van der Waals surface area contributed by atoms with Gasteiger partial charge < -0.3 is 20.9 Å². The molecule has 0 saturated carbocycles. The number of rotatable bonds is 5. The molecule has 27 heavy (non-hydrogen) atoms. The molecule has 1 aliphatic heterocycles. The fourth-order valence-electron chi connectivity index (χ4n) is 3.47. The smallest absolute Gasteiger partial charge is 0.158 e. The van der Waals surface area contributed by atoms with Crippen molar-refractivity contribution in [2.45, 2.75) is 25.1 Å². The van der Waals surface area contributed by atoms with E-state index in [0.29, 0.717) is 13.1 Å². The summed E-state index contributed by atoms with van der Waals surface area (Å²) in [5.41, 5.74) is 8.83. The number of likely N-dealkylation sites (tertiary alicyclic amines) is 1. The van der Waals surface area contributed by atoms with Crippen molar-refractivity contribution in [3.63, 3.8) is 0 Å². The lowest BCUT2D eigenvalue weighted by atomic mass is 10.0. The Bertz CT molecular complexity index is 927. The largest absolute Gasteiger partial charge is 0.497 e. The van der Waals surface area contributed by atoms with Gasteiger partial charge in [-0.2, -0.15) is 5.10 Å². The summed E-state index contributed by atoms with van der Waals surface area (Å²) < 4.78 is 7.11. The summed E-state index contributed by atoms with van der Waals surface area (Å²) in [6, 6.07) is 9.62. The zero-order valence-corrected chi connectivity index (χ0v) is 15.2. The maximum absolute atomic E-state index is 10.1. The number of nitrogens with two attached hydrogens (primary N) is 1. The maximum atomic E-state index is 10.1. The first-order chi connectivity index (χ1) is 13.1. The number of nitrogens with zero attached hydrogens (tertiary/aromatic N) is 4. The van der Waals surface area contributed by atoms with Gasteiger partial charge in [0.1, 0.15) is 17.6 Å². The van der Waals surface area contributed by atoms with Gasteiger partial charge in [0.15, 0.2) is 5.82 Å². The molecule has 0 aliphatic carbocycles. The Labute approximate surface area is 157 Å². The van der Waals surface area contributed by atoms with E-state index in [9.17, 15) is 5.11 Å². The van der Waals surface area contributed by atoms with Crippen molar-refractivity contribution in [2.75, 3.05) is 25.5 Å². The molecule has 0 bridgehead atoms. The van der Waals surface area contributed by atoms with Crippen LogP contribution in [0.4, 0.5) is 11.5 Å². The number of nitrogens with one attached hydrogen (secondary N) is 1. The third-order valence-electron chi connectivity index (χ3n) is 4.98. The van der Waals surface area contributed by atoms with Crippen LogP contribution < -0.4 is 15.8 Å². The normalized spacial score (nSPS) is 20.7.